The lowest BCUT2D eigenvalue weighted by Crippen LogP contribution is -2.02. The molecule has 0 aliphatic carbocycles. The van der Waals surface area contributed by atoms with Gasteiger partial charge in [0.05, 0.1) is 30.0 Å². The number of halogens is 1. The van der Waals surface area contributed by atoms with Crippen LogP contribution in [-0.4, -0.2) is 14.2 Å². The molecule has 0 saturated carbocycles. The molecule has 3 aromatic rings. The highest BCUT2D eigenvalue weighted by Crippen LogP contribution is 2.30. The second-order valence-electron chi connectivity index (χ2n) is 4.28. The molecule has 0 radical (unpaired) electrons. The van der Waals surface area contributed by atoms with Crippen molar-refractivity contribution in [3.8, 4) is 11.5 Å². The Morgan fingerprint density at radius 1 is 1.00 bits per heavy atom. The van der Waals surface area contributed by atoms with Crippen molar-refractivity contribution in [3.05, 3.63) is 45.6 Å². The van der Waals surface area contributed by atoms with Gasteiger partial charge in [-0.15, -0.1) is 0 Å². The van der Waals surface area contributed by atoms with Gasteiger partial charge in [0.15, 0.2) is 0 Å². The summed E-state index contributed by atoms with van der Waals surface area (Å²) in [4.78, 5) is 12.4. The highest BCUT2D eigenvalue weighted by molar-refractivity contribution is 6.32. The molecule has 0 spiro atoms. The second-order valence-corrected chi connectivity index (χ2v) is 4.68. The Morgan fingerprint density at radius 2 is 1.75 bits per heavy atom. The van der Waals surface area contributed by atoms with E-state index in [1.54, 1.807) is 37.4 Å². The molecule has 1 aromatic heterocycles. The van der Waals surface area contributed by atoms with Crippen molar-refractivity contribution >= 4 is 33.5 Å². The van der Waals surface area contributed by atoms with Gasteiger partial charge >= 0.3 is 0 Å². The highest BCUT2D eigenvalue weighted by Gasteiger charge is 2.12. The van der Waals surface area contributed by atoms with Gasteiger partial charge < -0.3 is 13.9 Å². The van der Waals surface area contributed by atoms with Gasteiger partial charge in [0.1, 0.15) is 22.7 Å². The Hall–Kier alpha value is -2.20. The molecule has 0 atom stereocenters. The first kappa shape index (κ1) is 12.8. The summed E-state index contributed by atoms with van der Waals surface area (Å²) in [6.07, 6.45) is 0. The fourth-order valence-corrected chi connectivity index (χ4v) is 2.36. The van der Waals surface area contributed by atoms with Crippen LogP contribution in [0.25, 0.3) is 21.9 Å². The monoisotopic (exact) mass is 290 g/mol. The van der Waals surface area contributed by atoms with E-state index in [-0.39, 0.29) is 5.43 Å². The molecule has 0 aliphatic rings. The zero-order valence-corrected chi connectivity index (χ0v) is 11.7. The second kappa shape index (κ2) is 4.72. The lowest BCUT2D eigenvalue weighted by molar-refractivity contribution is 0.414. The third-order valence-electron chi connectivity index (χ3n) is 3.15. The molecule has 0 unspecified atom stereocenters. The van der Waals surface area contributed by atoms with Crippen molar-refractivity contribution in [3.63, 3.8) is 0 Å². The van der Waals surface area contributed by atoms with Crippen LogP contribution in [0.1, 0.15) is 0 Å². The zero-order chi connectivity index (χ0) is 14.3. The molecule has 0 saturated heterocycles. The first-order chi connectivity index (χ1) is 9.63. The molecule has 2 aromatic carbocycles. The normalized spacial score (nSPS) is 10.9. The van der Waals surface area contributed by atoms with Crippen LogP contribution in [0.5, 0.6) is 11.5 Å². The van der Waals surface area contributed by atoms with Crippen LogP contribution in [-0.2, 0) is 0 Å². The van der Waals surface area contributed by atoms with Crippen molar-refractivity contribution in [2.24, 2.45) is 0 Å². The number of methoxy groups -OCH3 is 2. The highest BCUT2D eigenvalue weighted by atomic mass is 35.5. The number of rotatable bonds is 2. The molecular weight excluding hydrogens is 280 g/mol. The largest absolute Gasteiger partial charge is 0.497 e. The maximum atomic E-state index is 12.4. The van der Waals surface area contributed by atoms with E-state index in [9.17, 15) is 4.79 Å². The van der Waals surface area contributed by atoms with Crippen molar-refractivity contribution in [2.45, 2.75) is 0 Å². The van der Waals surface area contributed by atoms with E-state index in [1.807, 2.05) is 0 Å². The number of hydrogen-bond donors (Lipinski definition) is 0. The van der Waals surface area contributed by atoms with Gasteiger partial charge in [-0.25, -0.2) is 0 Å². The van der Waals surface area contributed by atoms with E-state index in [0.717, 1.165) is 0 Å². The SMILES string of the molecule is COc1ccc2c(=O)c3cc(Cl)c(OC)cc3oc2c1. The maximum absolute atomic E-state index is 12.4. The molecular formula is C15H11ClO4. The standard InChI is InChI=1S/C15H11ClO4/c1-18-8-3-4-9-12(5-8)20-13-7-14(19-2)11(16)6-10(13)15(9)17/h3-7H,1-2H3. The topological polar surface area (TPSA) is 48.7 Å². The van der Waals surface area contributed by atoms with Gasteiger partial charge in [-0.05, 0) is 18.2 Å². The first-order valence-corrected chi connectivity index (χ1v) is 6.30. The van der Waals surface area contributed by atoms with Crippen molar-refractivity contribution in [1.82, 2.24) is 0 Å². The minimum absolute atomic E-state index is 0.131. The van der Waals surface area contributed by atoms with Crippen LogP contribution in [0.4, 0.5) is 0 Å². The summed E-state index contributed by atoms with van der Waals surface area (Å²) >= 11 is 6.05. The van der Waals surface area contributed by atoms with Gasteiger partial charge in [-0.1, -0.05) is 11.6 Å². The molecule has 0 N–H and O–H groups in total. The predicted molar refractivity (Wildman–Crippen MR) is 78.1 cm³/mol. The van der Waals surface area contributed by atoms with Crippen LogP contribution >= 0.6 is 11.6 Å². The van der Waals surface area contributed by atoms with E-state index in [0.29, 0.717) is 38.5 Å². The average molecular weight is 291 g/mol. The van der Waals surface area contributed by atoms with E-state index in [2.05, 4.69) is 0 Å². The fourth-order valence-electron chi connectivity index (χ4n) is 2.12. The molecule has 0 amide bonds. The molecule has 5 heteroatoms. The van der Waals surface area contributed by atoms with Crippen LogP contribution < -0.4 is 14.9 Å². The third-order valence-corrected chi connectivity index (χ3v) is 3.45. The molecule has 0 aliphatic heterocycles. The summed E-state index contributed by atoms with van der Waals surface area (Å²) in [6.45, 7) is 0. The summed E-state index contributed by atoms with van der Waals surface area (Å²) in [5.41, 5.74) is 0.761. The number of benzene rings is 2. The average Bonchev–Trinajstić information content (AvgIpc) is 2.47. The Morgan fingerprint density at radius 3 is 2.45 bits per heavy atom. The van der Waals surface area contributed by atoms with E-state index in [4.69, 9.17) is 25.5 Å². The smallest absolute Gasteiger partial charge is 0.200 e. The Balaban J connectivity index is 2.44. The van der Waals surface area contributed by atoms with E-state index in [1.165, 1.54) is 7.11 Å². The van der Waals surface area contributed by atoms with E-state index < -0.39 is 0 Å². The van der Waals surface area contributed by atoms with Gasteiger partial charge in [-0.3, -0.25) is 4.79 Å². The van der Waals surface area contributed by atoms with Gasteiger partial charge in [0.2, 0.25) is 5.43 Å². The van der Waals surface area contributed by atoms with Crippen molar-refractivity contribution < 1.29 is 13.9 Å². The molecule has 1 heterocycles. The van der Waals surface area contributed by atoms with Crippen molar-refractivity contribution in [2.75, 3.05) is 14.2 Å². The number of fused-ring (bicyclic) bond motifs is 2. The molecule has 20 heavy (non-hydrogen) atoms. The van der Waals surface area contributed by atoms with Gasteiger partial charge in [0.25, 0.3) is 0 Å². The summed E-state index contributed by atoms with van der Waals surface area (Å²) in [5.74, 6) is 1.09. The quantitative estimate of drug-likeness (QED) is 0.676. The molecule has 0 bridgehead atoms. The summed E-state index contributed by atoms with van der Waals surface area (Å²) < 4.78 is 16.0. The van der Waals surface area contributed by atoms with Crippen LogP contribution in [0.3, 0.4) is 0 Å². The van der Waals surface area contributed by atoms with Crippen LogP contribution in [0.2, 0.25) is 5.02 Å². The molecule has 0 fully saturated rings. The fraction of sp³-hybridized carbons (Fsp3) is 0.133. The summed E-state index contributed by atoms with van der Waals surface area (Å²) in [7, 11) is 3.07. The summed E-state index contributed by atoms with van der Waals surface area (Å²) in [6, 6.07) is 8.24. The van der Waals surface area contributed by atoms with E-state index >= 15 is 0 Å². The lowest BCUT2D eigenvalue weighted by Gasteiger charge is -2.07. The minimum atomic E-state index is -0.131. The molecule has 3 rings (SSSR count). The molecule has 102 valence electrons. The first-order valence-electron chi connectivity index (χ1n) is 5.92. The van der Waals surface area contributed by atoms with Crippen LogP contribution in [0, 0.1) is 0 Å². The van der Waals surface area contributed by atoms with Gasteiger partial charge in [-0.2, -0.15) is 0 Å². The van der Waals surface area contributed by atoms with Crippen LogP contribution in [0.15, 0.2) is 39.5 Å². The zero-order valence-electron chi connectivity index (χ0n) is 10.9. The molecule has 4 nitrogen and oxygen atoms in total. The number of ether oxygens (including phenoxy) is 2. The summed E-state index contributed by atoms with van der Waals surface area (Å²) in [5, 5.41) is 1.29. The lowest BCUT2D eigenvalue weighted by atomic mass is 10.1. The van der Waals surface area contributed by atoms with Gasteiger partial charge in [0, 0.05) is 12.1 Å². The Kier molecular flexibility index (Phi) is 3.03. The predicted octanol–water partition coefficient (Wildman–Crippen LogP) is 3.62. The maximum Gasteiger partial charge on any atom is 0.200 e. The van der Waals surface area contributed by atoms with Crippen molar-refractivity contribution in [1.29, 1.82) is 0 Å². The number of hydrogen-bond acceptors (Lipinski definition) is 4. The Labute approximate surface area is 119 Å². The Bertz CT molecular complexity index is 867. The third kappa shape index (κ3) is 1.89. The minimum Gasteiger partial charge on any atom is -0.497 e.